The van der Waals surface area contributed by atoms with Gasteiger partial charge in [-0.25, -0.2) is 4.79 Å². The molecule has 1 unspecified atom stereocenters. The van der Waals surface area contributed by atoms with Crippen LogP contribution in [0.3, 0.4) is 0 Å². The Balaban J connectivity index is 4.32. The number of Topliss-reactive ketones (excluding diaryl/α,β-unsaturated/α-hetero) is 1. The Labute approximate surface area is 328 Å². The molecule has 0 saturated carbocycles. The first kappa shape index (κ1) is 50.5. The van der Waals surface area contributed by atoms with Gasteiger partial charge in [0.2, 0.25) is 5.91 Å². The van der Waals surface area contributed by atoms with E-state index in [0.717, 1.165) is 83.6 Å². The molecule has 6 heteroatoms. The van der Waals surface area contributed by atoms with Gasteiger partial charge in [-0.15, -0.1) is 0 Å². The lowest BCUT2D eigenvalue weighted by Gasteiger charge is -2.18. The van der Waals surface area contributed by atoms with E-state index >= 15 is 0 Å². The van der Waals surface area contributed by atoms with Crippen molar-refractivity contribution in [3.63, 3.8) is 0 Å². The highest BCUT2D eigenvalue weighted by Gasteiger charge is 2.23. The van der Waals surface area contributed by atoms with E-state index in [4.69, 9.17) is 4.74 Å². The number of carbonyl (C=O) groups excluding carboxylic acids is 3. The van der Waals surface area contributed by atoms with E-state index < -0.39 is 12.0 Å². The van der Waals surface area contributed by atoms with Crippen LogP contribution >= 0.6 is 0 Å². The van der Waals surface area contributed by atoms with Crippen LogP contribution in [0.25, 0.3) is 0 Å². The maximum absolute atomic E-state index is 13.0. The van der Waals surface area contributed by atoms with E-state index in [1.165, 1.54) is 83.5 Å². The smallest absolute Gasteiger partial charge is 0.328 e. The molecule has 53 heavy (non-hydrogen) atoms. The summed E-state index contributed by atoms with van der Waals surface area (Å²) in [6, 6.07) is -0.754. The van der Waals surface area contributed by atoms with E-state index in [0.29, 0.717) is 25.9 Å². The molecule has 1 atom stereocenters. The monoisotopic (exact) mass is 741 g/mol. The molecule has 0 aliphatic heterocycles. The lowest BCUT2D eigenvalue weighted by atomic mass is 10.0. The molecule has 0 heterocycles. The number of amides is 1. The second-order valence-electron chi connectivity index (χ2n) is 15.2. The zero-order valence-corrected chi connectivity index (χ0v) is 35.2. The van der Waals surface area contributed by atoms with Crippen LogP contribution in [0.2, 0.25) is 0 Å². The number of hydrogen-bond acceptors (Lipinski definition) is 5. The number of hydrogen-bond donors (Lipinski definition) is 1. The first-order valence-electron chi connectivity index (χ1n) is 22.1. The average Bonchev–Trinajstić information content (AvgIpc) is 3.14. The predicted octanol–water partition coefficient (Wildman–Crippen LogP) is 12.7. The molecule has 0 radical (unpaired) electrons. The van der Waals surface area contributed by atoms with Crippen LogP contribution in [0.5, 0.6) is 0 Å². The third kappa shape index (κ3) is 39.0. The molecule has 0 aromatic heterocycles. The van der Waals surface area contributed by atoms with Crippen molar-refractivity contribution in [1.82, 2.24) is 10.2 Å². The minimum atomic E-state index is -0.754. The van der Waals surface area contributed by atoms with Crippen LogP contribution in [0.1, 0.15) is 200 Å². The van der Waals surface area contributed by atoms with Crippen molar-refractivity contribution in [3.05, 3.63) is 48.6 Å². The molecule has 0 rings (SSSR count). The molecule has 6 nitrogen and oxygen atoms in total. The van der Waals surface area contributed by atoms with Gasteiger partial charge in [0.1, 0.15) is 11.8 Å². The number of ether oxygens (including phenoxy) is 1. The average molecular weight is 741 g/mol. The molecule has 1 amide bonds. The molecule has 0 aromatic carbocycles. The van der Waals surface area contributed by atoms with Crippen molar-refractivity contribution in [2.75, 3.05) is 27.2 Å². The van der Waals surface area contributed by atoms with Gasteiger partial charge in [-0.2, -0.15) is 0 Å². The Hall–Kier alpha value is -2.47. The van der Waals surface area contributed by atoms with Gasteiger partial charge in [-0.05, 0) is 117 Å². The van der Waals surface area contributed by atoms with E-state index in [-0.39, 0.29) is 18.1 Å². The van der Waals surface area contributed by atoms with Gasteiger partial charge in [0.15, 0.2) is 0 Å². The second kappa shape index (κ2) is 40.7. The molecule has 0 saturated heterocycles. The van der Waals surface area contributed by atoms with Crippen LogP contribution in [-0.2, 0) is 19.1 Å². The van der Waals surface area contributed by atoms with Crippen molar-refractivity contribution in [2.24, 2.45) is 0 Å². The fraction of sp³-hybridized carbons (Fsp3) is 0.766. The Morgan fingerprint density at radius 2 is 0.981 bits per heavy atom. The highest BCUT2D eigenvalue weighted by Crippen LogP contribution is 2.12. The summed E-state index contributed by atoms with van der Waals surface area (Å²) in [4.78, 5) is 40.5. The maximum Gasteiger partial charge on any atom is 0.328 e. The summed E-state index contributed by atoms with van der Waals surface area (Å²) in [7, 11) is 4.07. The summed E-state index contributed by atoms with van der Waals surface area (Å²) in [5.41, 5.74) is 0. The highest BCUT2D eigenvalue weighted by molar-refractivity contribution is 5.85. The van der Waals surface area contributed by atoms with Crippen LogP contribution in [0, 0.1) is 0 Å². The van der Waals surface area contributed by atoms with E-state index in [2.05, 4.69) is 72.7 Å². The number of ketones is 1. The molecule has 0 aromatic rings. The predicted molar refractivity (Wildman–Crippen MR) is 228 cm³/mol. The van der Waals surface area contributed by atoms with Crippen LogP contribution < -0.4 is 5.32 Å². The molecular formula is C47H84N2O4. The van der Waals surface area contributed by atoms with Crippen LogP contribution in [-0.4, -0.2) is 55.8 Å². The second-order valence-corrected chi connectivity index (χ2v) is 15.2. The quantitative estimate of drug-likeness (QED) is 0.0386. The third-order valence-corrected chi connectivity index (χ3v) is 9.59. The van der Waals surface area contributed by atoms with Crippen LogP contribution in [0.15, 0.2) is 48.6 Å². The van der Waals surface area contributed by atoms with Crippen LogP contribution in [0.4, 0.5) is 0 Å². The Morgan fingerprint density at radius 3 is 1.49 bits per heavy atom. The summed E-state index contributed by atoms with van der Waals surface area (Å²) in [5, 5.41) is 2.91. The summed E-state index contributed by atoms with van der Waals surface area (Å²) in [5.74, 6) is -0.374. The molecule has 0 fully saturated rings. The molecule has 1 N–H and O–H groups in total. The first-order chi connectivity index (χ1) is 25.9. The molecular weight excluding hydrogens is 657 g/mol. The number of allylic oxidation sites excluding steroid dienone is 8. The number of nitrogens with one attached hydrogen (secondary N) is 1. The lowest BCUT2D eigenvalue weighted by molar-refractivity contribution is -0.148. The normalized spacial score (nSPS) is 12.6. The topological polar surface area (TPSA) is 75.7 Å². The molecule has 0 bridgehead atoms. The van der Waals surface area contributed by atoms with Gasteiger partial charge in [-0.1, -0.05) is 133 Å². The van der Waals surface area contributed by atoms with Crippen molar-refractivity contribution in [1.29, 1.82) is 0 Å². The zero-order chi connectivity index (χ0) is 38.9. The molecule has 0 aliphatic carbocycles. The van der Waals surface area contributed by atoms with Gasteiger partial charge in [-0.3, -0.25) is 9.59 Å². The summed E-state index contributed by atoms with van der Waals surface area (Å²) in [6.07, 6.45) is 48.0. The van der Waals surface area contributed by atoms with Crippen molar-refractivity contribution >= 4 is 17.7 Å². The minimum Gasteiger partial charge on any atom is -0.464 e. The Kier molecular flexibility index (Phi) is 38.8. The standard InChI is InChI=1S/C47H84N2O4/c1-5-7-9-11-13-15-17-19-21-23-25-27-29-31-33-37-43-53-47(52)45(41-40-44(50)38-35-36-42-49(3)4)48-46(51)39-34-32-30-28-26-24-22-20-18-16-14-12-10-8-6-2/h13-16,19-22,45H,5-12,17-18,23-43H2,1-4H3,(H,48,51)/b15-13-,16-14-,21-19-,22-20-. The van der Waals surface area contributed by atoms with Gasteiger partial charge in [0.05, 0.1) is 6.61 Å². The summed E-state index contributed by atoms with van der Waals surface area (Å²) in [6.45, 7) is 5.80. The fourth-order valence-corrected chi connectivity index (χ4v) is 6.16. The fourth-order valence-electron chi connectivity index (χ4n) is 6.16. The number of unbranched alkanes of at least 4 members (excludes halogenated alkanes) is 18. The minimum absolute atomic E-state index is 0.121. The maximum atomic E-state index is 13.0. The number of nitrogens with zero attached hydrogens (tertiary/aromatic N) is 1. The SMILES string of the molecule is CCCCC/C=C\C/C=C\CCCCCCCCOC(=O)C(CCC(=O)CCCCN(C)C)NC(=O)CCCCCCC/C=C\C/C=C\CCCCC. The van der Waals surface area contributed by atoms with Gasteiger partial charge < -0.3 is 15.0 Å². The summed E-state index contributed by atoms with van der Waals surface area (Å²) < 4.78 is 5.62. The number of rotatable bonds is 39. The van der Waals surface area contributed by atoms with Gasteiger partial charge in [0, 0.05) is 19.3 Å². The number of esters is 1. The largest absolute Gasteiger partial charge is 0.464 e. The first-order valence-corrected chi connectivity index (χ1v) is 22.1. The van der Waals surface area contributed by atoms with Gasteiger partial charge in [0.25, 0.3) is 0 Å². The van der Waals surface area contributed by atoms with Gasteiger partial charge >= 0.3 is 5.97 Å². The van der Waals surface area contributed by atoms with Crippen molar-refractivity contribution < 1.29 is 19.1 Å². The van der Waals surface area contributed by atoms with Crippen molar-refractivity contribution in [3.8, 4) is 0 Å². The van der Waals surface area contributed by atoms with E-state index in [1.807, 2.05) is 14.1 Å². The summed E-state index contributed by atoms with van der Waals surface area (Å²) >= 11 is 0. The zero-order valence-electron chi connectivity index (χ0n) is 35.2. The molecule has 0 spiro atoms. The Bertz CT molecular complexity index is 968. The van der Waals surface area contributed by atoms with E-state index in [1.54, 1.807) is 0 Å². The van der Waals surface area contributed by atoms with E-state index in [9.17, 15) is 14.4 Å². The molecule has 0 aliphatic rings. The third-order valence-electron chi connectivity index (χ3n) is 9.59. The lowest BCUT2D eigenvalue weighted by Crippen LogP contribution is -2.42. The highest BCUT2D eigenvalue weighted by atomic mass is 16.5. The van der Waals surface area contributed by atoms with Crippen molar-refractivity contribution in [2.45, 2.75) is 206 Å². The number of carbonyl (C=O) groups is 3. The Morgan fingerprint density at radius 1 is 0.528 bits per heavy atom. The molecule has 306 valence electrons.